The van der Waals surface area contributed by atoms with Crippen molar-refractivity contribution in [2.45, 2.75) is 55.9 Å². The number of carbonyl (C=O) groups excluding carboxylic acids is 1. The minimum atomic E-state index is -3.47. The summed E-state index contributed by atoms with van der Waals surface area (Å²) in [7, 11) is -3.47. The van der Waals surface area contributed by atoms with E-state index < -0.39 is 10.0 Å². The summed E-state index contributed by atoms with van der Waals surface area (Å²) < 4.78 is 27.6. The lowest BCUT2D eigenvalue weighted by atomic mass is 9.95. The number of aryl methyl sites for hydroxylation is 2. The van der Waals surface area contributed by atoms with Crippen LogP contribution in [0.4, 0.5) is 0 Å². The number of benzene rings is 1. The highest BCUT2D eigenvalue weighted by atomic mass is 35.5. The molecule has 0 bridgehead atoms. The summed E-state index contributed by atoms with van der Waals surface area (Å²) in [5.74, 6) is 0.113. The monoisotopic (exact) mass is 427 g/mol. The van der Waals surface area contributed by atoms with Crippen LogP contribution in [0.3, 0.4) is 0 Å². The van der Waals surface area contributed by atoms with Crippen LogP contribution in [0.25, 0.3) is 0 Å². The van der Waals surface area contributed by atoms with Crippen molar-refractivity contribution in [1.29, 1.82) is 0 Å². The van der Waals surface area contributed by atoms with Crippen molar-refractivity contribution in [3.8, 4) is 0 Å². The number of rotatable bonds is 3. The molecule has 1 aromatic carbocycles. The average Bonchev–Trinajstić information content (AvgIpc) is 3.16. The zero-order valence-corrected chi connectivity index (χ0v) is 17.8. The first kappa shape index (κ1) is 21.6. The summed E-state index contributed by atoms with van der Waals surface area (Å²) in [6.07, 6.45) is 6.04. The van der Waals surface area contributed by atoms with Crippen molar-refractivity contribution < 1.29 is 13.2 Å². The third kappa shape index (κ3) is 4.22. The van der Waals surface area contributed by atoms with Crippen molar-refractivity contribution in [1.82, 2.24) is 9.21 Å². The number of sulfonamides is 1. The van der Waals surface area contributed by atoms with E-state index in [4.69, 9.17) is 5.73 Å². The van der Waals surface area contributed by atoms with E-state index >= 15 is 0 Å². The van der Waals surface area contributed by atoms with Gasteiger partial charge in [0, 0.05) is 38.1 Å². The van der Waals surface area contributed by atoms with Gasteiger partial charge in [-0.3, -0.25) is 4.79 Å². The van der Waals surface area contributed by atoms with Gasteiger partial charge in [-0.15, -0.1) is 12.4 Å². The number of halogens is 1. The summed E-state index contributed by atoms with van der Waals surface area (Å²) in [5, 5.41) is 0. The summed E-state index contributed by atoms with van der Waals surface area (Å²) in [4.78, 5) is 15.0. The van der Waals surface area contributed by atoms with E-state index in [0.717, 1.165) is 45.2 Å². The molecule has 2 heterocycles. The topological polar surface area (TPSA) is 83.7 Å². The third-order valence-corrected chi connectivity index (χ3v) is 8.26. The van der Waals surface area contributed by atoms with Crippen LogP contribution >= 0.6 is 12.4 Å². The van der Waals surface area contributed by atoms with Crippen LogP contribution in [0.15, 0.2) is 23.1 Å². The number of piperidine rings is 2. The summed E-state index contributed by atoms with van der Waals surface area (Å²) in [6, 6.07) is 5.76. The lowest BCUT2D eigenvalue weighted by molar-refractivity contribution is -0.137. The molecule has 2 aliphatic heterocycles. The maximum Gasteiger partial charge on any atom is 0.243 e. The highest BCUT2D eigenvalue weighted by molar-refractivity contribution is 7.89. The first-order valence-electron chi connectivity index (χ1n) is 10.1. The second kappa shape index (κ2) is 8.69. The van der Waals surface area contributed by atoms with Crippen molar-refractivity contribution in [2.24, 2.45) is 11.7 Å². The Balaban J connectivity index is 0.00000225. The highest BCUT2D eigenvalue weighted by Gasteiger charge is 2.34. The molecule has 0 spiro atoms. The second-order valence-corrected chi connectivity index (χ2v) is 10.1. The molecule has 0 saturated carbocycles. The molecular formula is C20H30ClN3O3S. The van der Waals surface area contributed by atoms with E-state index in [1.165, 1.54) is 11.1 Å². The fourth-order valence-corrected chi connectivity index (χ4v) is 6.10. The molecule has 1 aliphatic carbocycles. The Morgan fingerprint density at radius 2 is 1.61 bits per heavy atom. The Labute approximate surface area is 173 Å². The zero-order chi connectivity index (χ0) is 19.0. The smallest absolute Gasteiger partial charge is 0.243 e. The first-order valence-corrected chi connectivity index (χ1v) is 11.6. The van der Waals surface area contributed by atoms with Gasteiger partial charge in [0.15, 0.2) is 0 Å². The number of likely N-dealkylation sites (tertiary alicyclic amines) is 1. The predicted octanol–water partition coefficient (Wildman–Crippen LogP) is 1.95. The minimum Gasteiger partial charge on any atom is -0.342 e. The highest BCUT2D eigenvalue weighted by Crippen LogP contribution is 2.29. The van der Waals surface area contributed by atoms with E-state index in [1.54, 1.807) is 10.4 Å². The second-order valence-electron chi connectivity index (χ2n) is 8.13. The van der Waals surface area contributed by atoms with Crippen LogP contribution in [0.2, 0.25) is 0 Å². The molecule has 0 unspecified atom stereocenters. The van der Waals surface area contributed by atoms with Gasteiger partial charge in [0.2, 0.25) is 15.9 Å². The number of nitrogens with two attached hydrogens (primary N) is 1. The fourth-order valence-electron chi connectivity index (χ4n) is 4.58. The van der Waals surface area contributed by atoms with Crippen LogP contribution in [0.5, 0.6) is 0 Å². The van der Waals surface area contributed by atoms with Gasteiger partial charge in [-0.1, -0.05) is 6.07 Å². The largest absolute Gasteiger partial charge is 0.342 e. The summed E-state index contributed by atoms with van der Waals surface area (Å²) in [5.41, 5.74) is 8.37. The zero-order valence-electron chi connectivity index (χ0n) is 16.2. The number of fused-ring (bicyclic) bond motifs is 1. The molecule has 1 aromatic rings. The number of carbonyl (C=O) groups is 1. The van der Waals surface area contributed by atoms with E-state index in [-0.39, 0.29) is 30.3 Å². The lowest BCUT2D eigenvalue weighted by Crippen LogP contribution is -2.48. The third-order valence-electron chi connectivity index (χ3n) is 6.36. The van der Waals surface area contributed by atoms with Gasteiger partial charge in [0.1, 0.15) is 0 Å². The Kier molecular flexibility index (Phi) is 6.69. The van der Waals surface area contributed by atoms with Gasteiger partial charge < -0.3 is 10.6 Å². The van der Waals surface area contributed by atoms with Gasteiger partial charge in [-0.05, 0) is 68.2 Å². The molecule has 1 amide bonds. The Hall–Kier alpha value is -1.15. The summed E-state index contributed by atoms with van der Waals surface area (Å²) in [6.45, 7) is 2.30. The van der Waals surface area contributed by atoms with Crippen LogP contribution in [0, 0.1) is 5.92 Å². The summed E-state index contributed by atoms with van der Waals surface area (Å²) >= 11 is 0. The Morgan fingerprint density at radius 3 is 2.29 bits per heavy atom. The van der Waals surface area contributed by atoms with E-state index in [0.29, 0.717) is 30.8 Å². The molecular weight excluding hydrogens is 398 g/mol. The Morgan fingerprint density at radius 1 is 0.964 bits per heavy atom. The van der Waals surface area contributed by atoms with Crippen LogP contribution in [-0.2, 0) is 27.7 Å². The number of amides is 1. The fraction of sp³-hybridized carbons (Fsp3) is 0.650. The molecule has 8 heteroatoms. The quantitative estimate of drug-likeness (QED) is 0.799. The molecule has 3 aliphatic rings. The van der Waals surface area contributed by atoms with Gasteiger partial charge in [0.25, 0.3) is 0 Å². The van der Waals surface area contributed by atoms with Gasteiger partial charge in [-0.2, -0.15) is 4.31 Å². The van der Waals surface area contributed by atoms with Gasteiger partial charge in [-0.25, -0.2) is 8.42 Å². The molecule has 4 rings (SSSR count). The molecule has 2 N–H and O–H groups in total. The predicted molar refractivity (Wildman–Crippen MR) is 111 cm³/mol. The molecule has 0 aromatic heterocycles. The SMILES string of the molecule is Cl.NC1CCN(C(=O)C2CCN(S(=O)(=O)c3ccc4c(c3)CCC4)CC2)CC1. The van der Waals surface area contributed by atoms with Crippen molar-refractivity contribution in [2.75, 3.05) is 26.2 Å². The Bertz CT molecular complexity index is 814. The number of nitrogens with zero attached hydrogens (tertiary/aromatic N) is 2. The van der Waals surface area contributed by atoms with Gasteiger partial charge >= 0.3 is 0 Å². The van der Waals surface area contributed by atoms with Crippen LogP contribution in [0.1, 0.15) is 43.2 Å². The number of hydrogen-bond acceptors (Lipinski definition) is 4. The van der Waals surface area contributed by atoms with E-state index in [2.05, 4.69) is 0 Å². The average molecular weight is 428 g/mol. The molecule has 0 atom stereocenters. The minimum absolute atomic E-state index is 0. The van der Waals surface area contributed by atoms with E-state index in [9.17, 15) is 13.2 Å². The van der Waals surface area contributed by atoms with Crippen molar-refractivity contribution >= 4 is 28.3 Å². The lowest BCUT2D eigenvalue weighted by Gasteiger charge is -2.36. The van der Waals surface area contributed by atoms with Crippen molar-refractivity contribution in [3.05, 3.63) is 29.3 Å². The van der Waals surface area contributed by atoms with E-state index in [1.807, 2.05) is 17.0 Å². The normalized spacial score (nSPS) is 22.0. The first-order chi connectivity index (χ1) is 12.9. The van der Waals surface area contributed by atoms with Crippen molar-refractivity contribution in [3.63, 3.8) is 0 Å². The standard InChI is InChI=1S/C20H29N3O3S.ClH/c21-18-8-10-22(11-9-18)20(24)16-6-12-23(13-7-16)27(25,26)19-5-4-15-2-1-3-17(15)14-19;/h4-5,14,16,18H,1-3,6-13,21H2;1H. The van der Waals surface area contributed by atoms with Crippen LogP contribution in [-0.4, -0.2) is 55.8 Å². The molecule has 2 fully saturated rings. The maximum atomic E-state index is 13.0. The van der Waals surface area contributed by atoms with Gasteiger partial charge in [0.05, 0.1) is 4.90 Å². The molecule has 156 valence electrons. The molecule has 0 radical (unpaired) electrons. The maximum absolute atomic E-state index is 13.0. The molecule has 2 saturated heterocycles. The molecule has 28 heavy (non-hydrogen) atoms. The number of hydrogen-bond donors (Lipinski definition) is 1. The molecule has 6 nitrogen and oxygen atoms in total. The van der Waals surface area contributed by atoms with Crippen LogP contribution < -0.4 is 5.73 Å².